The molecule has 14 rings (SSSR count). The largest absolute Gasteiger partial charge is 0.310 e. The van der Waals surface area contributed by atoms with Crippen molar-refractivity contribution in [3.63, 3.8) is 0 Å². The molecule has 0 N–H and O–H groups in total. The van der Waals surface area contributed by atoms with Crippen LogP contribution in [0.3, 0.4) is 0 Å². The number of hydrogen-bond acceptors (Lipinski definition) is 1. The lowest BCUT2D eigenvalue weighted by Crippen LogP contribution is -2.56. The van der Waals surface area contributed by atoms with Gasteiger partial charge in [0.25, 0.3) is 0 Å². The summed E-state index contributed by atoms with van der Waals surface area (Å²) < 4.78 is 2.42. The second-order valence-electron chi connectivity index (χ2n) is 20.1. The van der Waals surface area contributed by atoms with Crippen LogP contribution in [0.5, 0.6) is 0 Å². The summed E-state index contributed by atoms with van der Waals surface area (Å²) in [6, 6.07) is 78.7. The fraction of sp³-hybridized carbons (Fsp3) is 0.169. The van der Waals surface area contributed by atoms with Crippen molar-refractivity contribution in [1.82, 2.24) is 4.57 Å². The molecule has 2 heteroatoms. The van der Waals surface area contributed by atoms with E-state index in [4.69, 9.17) is 0 Å². The zero-order chi connectivity index (χ0) is 44.4. The quantitative estimate of drug-likeness (QED) is 0.157. The van der Waals surface area contributed by atoms with Crippen molar-refractivity contribution in [3.05, 3.63) is 252 Å². The second-order valence-corrected chi connectivity index (χ2v) is 20.1. The molecule has 9 aromatic carbocycles. The molecule has 2 spiro atoms. The Morgan fingerprint density at radius 3 is 1.66 bits per heavy atom. The maximum absolute atomic E-state index is 4.41. The molecular formula is C65H52N2. The molecule has 4 aliphatic rings. The summed E-state index contributed by atoms with van der Waals surface area (Å²) in [6.07, 6.45) is 7.11. The first-order chi connectivity index (χ1) is 33.1. The number of aromatic nitrogens is 1. The van der Waals surface area contributed by atoms with Gasteiger partial charge in [-0.3, -0.25) is 0 Å². The summed E-state index contributed by atoms with van der Waals surface area (Å²) >= 11 is 0. The van der Waals surface area contributed by atoms with E-state index in [0.29, 0.717) is 23.7 Å². The predicted octanol–water partition coefficient (Wildman–Crippen LogP) is 16.6. The van der Waals surface area contributed by atoms with Gasteiger partial charge in [0.05, 0.1) is 22.1 Å². The normalized spacial score (nSPS) is 21.8. The van der Waals surface area contributed by atoms with Crippen LogP contribution >= 0.6 is 0 Å². The van der Waals surface area contributed by atoms with Crippen molar-refractivity contribution in [3.8, 4) is 16.8 Å². The fourth-order valence-electron chi connectivity index (χ4n) is 14.6. The molecule has 5 atom stereocenters. The lowest BCUT2D eigenvalue weighted by Gasteiger charge is -2.61. The lowest BCUT2D eigenvalue weighted by atomic mass is 9.41. The fourth-order valence-corrected chi connectivity index (χ4v) is 14.6. The first-order valence-corrected chi connectivity index (χ1v) is 24.5. The molecule has 0 saturated heterocycles. The Kier molecular flexibility index (Phi) is 8.42. The van der Waals surface area contributed by atoms with Crippen molar-refractivity contribution in [2.45, 2.75) is 43.4 Å². The van der Waals surface area contributed by atoms with Crippen LogP contribution in [0.25, 0.3) is 49.4 Å². The van der Waals surface area contributed by atoms with Gasteiger partial charge in [0.2, 0.25) is 0 Å². The van der Waals surface area contributed by atoms with Gasteiger partial charge in [-0.05, 0) is 154 Å². The number of hydrogen-bond donors (Lipinski definition) is 0. The summed E-state index contributed by atoms with van der Waals surface area (Å²) in [5, 5.41) is 5.00. The molecule has 2 saturated carbocycles. The maximum atomic E-state index is 4.41. The number of nitrogens with zero attached hydrogens (tertiary/aromatic N) is 2. The van der Waals surface area contributed by atoms with Gasteiger partial charge in [-0.1, -0.05) is 165 Å². The second kappa shape index (κ2) is 14.5. The number of fused-ring (bicyclic) bond motifs is 13. The minimum atomic E-state index is -0.500. The monoisotopic (exact) mass is 860 g/mol. The molecule has 2 bridgehead atoms. The van der Waals surface area contributed by atoms with E-state index in [0.717, 1.165) is 11.4 Å². The Hall–Kier alpha value is -7.42. The first kappa shape index (κ1) is 38.8. The van der Waals surface area contributed by atoms with Crippen LogP contribution in [-0.4, -0.2) is 4.57 Å². The third-order valence-electron chi connectivity index (χ3n) is 17.0. The zero-order valence-corrected chi connectivity index (χ0v) is 37.9. The van der Waals surface area contributed by atoms with Crippen LogP contribution in [0.2, 0.25) is 0 Å². The van der Waals surface area contributed by atoms with Crippen molar-refractivity contribution in [1.29, 1.82) is 0 Å². The highest BCUT2D eigenvalue weighted by Crippen LogP contribution is 2.69. The van der Waals surface area contributed by atoms with Gasteiger partial charge in [0.15, 0.2) is 0 Å². The third kappa shape index (κ3) is 5.22. The molecule has 322 valence electrons. The van der Waals surface area contributed by atoms with E-state index in [1.54, 1.807) is 5.56 Å². The van der Waals surface area contributed by atoms with Gasteiger partial charge in [-0.25, -0.2) is 0 Å². The Morgan fingerprint density at radius 2 is 1.00 bits per heavy atom. The van der Waals surface area contributed by atoms with Crippen LogP contribution in [0, 0.1) is 23.7 Å². The molecule has 0 aliphatic heterocycles. The van der Waals surface area contributed by atoms with E-state index < -0.39 is 5.41 Å². The number of para-hydroxylation sites is 2. The molecule has 1 aromatic heterocycles. The van der Waals surface area contributed by atoms with E-state index in [1.165, 1.54) is 109 Å². The van der Waals surface area contributed by atoms with E-state index >= 15 is 0 Å². The van der Waals surface area contributed by atoms with Gasteiger partial charge in [-0.15, -0.1) is 6.58 Å². The van der Waals surface area contributed by atoms with Crippen LogP contribution in [-0.2, 0) is 10.8 Å². The third-order valence-corrected chi connectivity index (χ3v) is 17.0. The average Bonchev–Trinajstić information content (AvgIpc) is 3.87. The van der Waals surface area contributed by atoms with Crippen LogP contribution in [0.1, 0.15) is 66.0 Å². The smallest absolute Gasteiger partial charge is 0.0720 e. The van der Waals surface area contributed by atoms with Crippen molar-refractivity contribution >= 4 is 49.6 Å². The van der Waals surface area contributed by atoms with E-state index in [2.05, 4.69) is 235 Å². The van der Waals surface area contributed by atoms with E-state index in [-0.39, 0.29) is 5.41 Å². The number of anilines is 3. The minimum Gasteiger partial charge on any atom is -0.310 e. The van der Waals surface area contributed by atoms with Crippen LogP contribution < -0.4 is 4.90 Å². The van der Waals surface area contributed by atoms with Gasteiger partial charge >= 0.3 is 0 Å². The highest BCUT2D eigenvalue weighted by molar-refractivity contribution is 6.09. The summed E-state index contributed by atoms with van der Waals surface area (Å²) in [5.74, 6) is 2.25. The molecule has 4 aliphatic carbocycles. The molecule has 0 amide bonds. The first-order valence-electron chi connectivity index (χ1n) is 24.5. The van der Waals surface area contributed by atoms with Gasteiger partial charge in [0.1, 0.15) is 0 Å². The van der Waals surface area contributed by atoms with Gasteiger partial charge in [0, 0.05) is 38.6 Å². The molecule has 10 aromatic rings. The molecule has 1 heterocycles. The maximum Gasteiger partial charge on any atom is 0.0720 e. The highest BCUT2D eigenvalue weighted by Gasteiger charge is 2.62. The van der Waals surface area contributed by atoms with Crippen molar-refractivity contribution in [2.24, 2.45) is 23.7 Å². The van der Waals surface area contributed by atoms with E-state index in [9.17, 15) is 0 Å². The van der Waals surface area contributed by atoms with Gasteiger partial charge in [-0.2, -0.15) is 0 Å². The minimum absolute atomic E-state index is 0.109. The summed E-state index contributed by atoms with van der Waals surface area (Å²) in [5.41, 5.74) is 17.9. The summed E-state index contributed by atoms with van der Waals surface area (Å²) in [4.78, 5) is 2.55. The Labute approximate surface area is 393 Å². The highest BCUT2D eigenvalue weighted by atomic mass is 15.1. The topological polar surface area (TPSA) is 8.17 Å². The molecule has 3 unspecified atom stereocenters. The molecule has 2 fully saturated rings. The summed E-state index contributed by atoms with van der Waals surface area (Å²) in [6.45, 7) is 6.92. The molecule has 2 nitrogen and oxygen atoms in total. The molecular weight excluding hydrogens is 809 g/mol. The van der Waals surface area contributed by atoms with Crippen molar-refractivity contribution in [2.75, 3.05) is 4.90 Å². The molecule has 67 heavy (non-hydrogen) atoms. The SMILES string of the molecule is C=CC1C[C@H]2CC(C)C[C@@H](C1)C21c2ccccc2C2(c3ccccc3-c3ccccc32)c2cc(N(c3ccc(-n4c5ccccc5c5ccccc54)cc3)c3cccc4ccccc34)ccc21. The standard InChI is InChI=1S/C65H52N2/c1-3-43-39-45-37-42(2)38-46(40-43)64(45)57-26-12-13-27-58(57)65(55-24-10-6-20-51(55)52-21-7-11-25-56(52)65)60-41-49(35-36-59(60)64)66(61-30-16-18-44-17-4-5-19-50(44)61)47-31-33-48(34-32-47)67-62-28-14-8-22-53(62)54-23-9-15-29-63(54)67/h3-36,41-43,45-46H,1,37-40H2,2H3/t42?,43?,45-,46+,64?. The average molecular weight is 861 g/mol. The summed E-state index contributed by atoms with van der Waals surface area (Å²) in [7, 11) is 0. The van der Waals surface area contributed by atoms with Gasteiger partial charge < -0.3 is 9.47 Å². The van der Waals surface area contributed by atoms with E-state index in [1.807, 2.05) is 0 Å². The Bertz CT molecular complexity index is 3510. The van der Waals surface area contributed by atoms with Crippen molar-refractivity contribution < 1.29 is 0 Å². The zero-order valence-electron chi connectivity index (χ0n) is 37.9. The predicted molar refractivity (Wildman–Crippen MR) is 279 cm³/mol. The number of allylic oxidation sites excluding steroid dienone is 1. The number of benzene rings is 9. The lowest BCUT2D eigenvalue weighted by molar-refractivity contribution is 0.0308. The van der Waals surface area contributed by atoms with Crippen LogP contribution in [0.4, 0.5) is 17.1 Å². The molecule has 0 radical (unpaired) electrons. The Balaban J connectivity index is 1.05. The van der Waals surface area contributed by atoms with Crippen LogP contribution in [0.15, 0.2) is 219 Å². The Morgan fingerprint density at radius 1 is 0.478 bits per heavy atom. The number of rotatable bonds is 5.